The number of hydrogen-bond acceptors (Lipinski definition) is 3. The zero-order valence-electron chi connectivity index (χ0n) is 10.1. The lowest BCUT2D eigenvalue weighted by Crippen LogP contribution is -2.46. The molecule has 1 heterocycles. The molecule has 4 heteroatoms. The molecule has 17 heavy (non-hydrogen) atoms. The van der Waals surface area contributed by atoms with Gasteiger partial charge in [0.2, 0.25) is 0 Å². The minimum atomic E-state index is -0.607. The van der Waals surface area contributed by atoms with Crippen LogP contribution in [0.2, 0.25) is 5.02 Å². The standard InChI is InChI=1S/C13H19ClN2O/c1-13(17)5-2-6-16(9-13)12-4-3-11(14)7-10(12)8-15/h3-4,7,17H,2,5-6,8-9,15H2,1H3. The Kier molecular flexibility index (Phi) is 3.61. The summed E-state index contributed by atoms with van der Waals surface area (Å²) in [6.07, 6.45) is 1.86. The fraction of sp³-hybridized carbons (Fsp3) is 0.538. The topological polar surface area (TPSA) is 49.5 Å². The van der Waals surface area contributed by atoms with E-state index in [1.807, 2.05) is 25.1 Å². The Morgan fingerprint density at radius 1 is 1.53 bits per heavy atom. The van der Waals surface area contributed by atoms with Gasteiger partial charge >= 0.3 is 0 Å². The summed E-state index contributed by atoms with van der Waals surface area (Å²) in [4.78, 5) is 2.20. The number of halogens is 1. The number of β-amino-alcohol motifs (C(OH)–C–C–N with tert-alkyl or cyclic N) is 1. The van der Waals surface area contributed by atoms with Crippen LogP contribution in [-0.2, 0) is 6.54 Å². The highest BCUT2D eigenvalue weighted by Crippen LogP contribution is 2.29. The van der Waals surface area contributed by atoms with Crippen molar-refractivity contribution in [3.05, 3.63) is 28.8 Å². The summed E-state index contributed by atoms with van der Waals surface area (Å²) in [7, 11) is 0. The normalized spacial score (nSPS) is 25.1. The third kappa shape index (κ3) is 2.92. The van der Waals surface area contributed by atoms with Gasteiger partial charge in [0.05, 0.1) is 5.60 Å². The lowest BCUT2D eigenvalue weighted by molar-refractivity contribution is 0.0449. The van der Waals surface area contributed by atoms with E-state index in [1.165, 1.54) is 0 Å². The molecule has 94 valence electrons. The van der Waals surface area contributed by atoms with E-state index in [0.29, 0.717) is 18.1 Å². The highest BCUT2D eigenvalue weighted by molar-refractivity contribution is 6.30. The van der Waals surface area contributed by atoms with Crippen molar-refractivity contribution in [2.45, 2.75) is 31.9 Å². The van der Waals surface area contributed by atoms with E-state index in [0.717, 1.165) is 30.6 Å². The number of nitrogens with two attached hydrogens (primary N) is 1. The fourth-order valence-corrected chi connectivity index (χ4v) is 2.65. The summed E-state index contributed by atoms with van der Waals surface area (Å²) in [5.41, 5.74) is 7.27. The van der Waals surface area contributed by atoms with Gasteiger partial charge in [-0.2, -0.15) is 0 Å². The molecule has 0 bridgehead atoms. The van der Waals surface area contributed by atoms with Crippen LogP contribution in [0, 0.1) is 0 Å². The van der Waals surface area contributed by atoms with Gasteiger partial charge in [-0.15, -0.1) is 0 Å². The van der Waals surface area contributed by atoms with Gasteiger partial charge in [-0.3, -0.25) is 0 Å². The quantitative estimate of drug-likeness (QED) is 0.850. The molecule has 1 atom stereocenters. The molecule has 0 aliphatic carbocycles. The molecule has 0 aromatic heterocycles. The molecular formula is C13H19ClN2O. The van der Waals surface area contributed by atoms with Crippen LogP contribution >= 0.6 is 11.6 Å². The molecule has 0 amide bonds. The van der Waals surface area contributed by atoms with Crippen molar-refractivity contribution in [2.24, 2.45) is 5.73 Å². The predicted octanol–water partition coefficient (Wildman–Crippen LogP) is 2.15. The minimum absolute atomic E-state index is 0.467. The van der Waals surface area contributed by atoms with E-state index in [-0.39, 0.29) is 0 Å². The average molecular weight is 255 g/mol. The lowest BCUT2D eigenvalue weighted by Gasteiger charge is -2.39. The van der Waals surface area contributed by atoms with Gasteiger partial charge in [0.25, 0.3) is 0 Å². The van der Waals surface area contributed by atoms with Gasteiger partial charge in [0.1, 0.15) is 0 Å². The maximum Gasteiger partial charge on any atom is 0.0794 e. The lowest BCUT2D eigenvalue weighted by atomic mass is 9.94. The molecule has 1 aliphatic heterocycles. The van der Waals surface area contributed by atoms with Crippen LogP contribution in [-0.4, -0.2) is 23.8 Å². The first-order valence-electron chi connectivity index (χ1n) is 5.98. The number of piperidine rings is 1. The van der Waals surface area contributed by atoms with Crippen LogP contribution in [0.15, 0.2) is 18.2 Å². The number of anilines is 1. The van der Waals surface area contributed by atoms with Crippen LogP contribution in [0.4, 0.5) is 5.69 Å². The fourth-order valence-electron chi connectivity index (χ4n) is 2.45. The molecule has 1 aromatic carbocycles. The third-order valence-corrected chi connectivity index (χ3v) is 3.51. The van der Waals surface area contributed by atoms with E-state index in [1.54, 1.807) is 0 Å². The van der Waals surface area contributed by atoms with E-state index < -0.39 is 5.60 Å². The highest BCUT2D eigenvalue weighted by atomic mass is 35.5. The first-order valence-corrected chi connectivity index (χ1v) is 6.35. The minimum Gasteiger partial charge on any atom is -0.388 e. The van der Waals surface area contributed by atoms with Gasteiger partial charge in [0, 0.05) is 30.3 Å². The third-order valence-electron chi connectivity index (χ3n) is 3.28. The molecule has 1 unspecified atom stereocenters. The van der Waals surface area contributed by atoms with Crippen molar-refractivity contribution in [1.82, 2.24) is 0 Å². The Bertz CT molecular complexity index is 406. The van der Waals surface area contributed by atoms with E-state index in [2.05, 4.69) is 4.90 Å². The number of nitrogens with zero attached hydrogens (tertiary/aromatic N) is 1. The molecule has 1 aromatic rings. The number of rotatable bonds is 2. The number of hydrogen-bond donors (Lipinski definition) is 2. The van der Waals surface area contributed by atoms with Gasteiger partial charge < -0.3 is 15.7 Å². The Labute approximate surface area is 107 Å². The van der Waals surface area contributed by atoms with Crippen LogP contribution in [0.1, 0.15) is 25.3 Å². The van der Waals surface area contributed by atoms with E-state index in [4.69, 9.17) is 17.3 Å². The molecule has 0 spiro atoms. The van der Waals surface area contributed by atoms with Crippen LogP contribution in [0.3, 0.4) is 0 Å². The van der Waals surface area contributed by atoms with Crippen molar-refractivity contribution in [2.75, 3.05) is 18.0 Å². The molecule has 1 saturated heterocycles. The van der Waals surface area contributed by atoms with Crippen LogP contribution < -0.4 is 10.6 Å². The second-order valence-corrected chi connectivity index (χ2v) is 5.44. The SMILES string of the molecule is CC1(O)CCCN(c2ccc(Cl)cc2CN)C1. The first kappa shape index (κ1) is 12.7. The summed E-state index contributed by atoms with van der Waals surface area (Å²) in [6, 6.07) is 5.77. The molecule has 0 saturated carbocycles. The molecule has 3 nitrogen and oxygen atoms in total. The maximum atomic E-state index is 10.1. The zero-order chi connectivity index (χ0) is 12.5. The van der Waals surface area contributed by atoms with Crippen molar-refractivity contribution in [3.8, 4) is 0 Å². The smallest absolute Gasteiger partial charge is 0.0794 e. The Hall–Kier alpha value is -0.770. The monoisotopic (exact) mass is 254 g/mol. The second-order valence-electron chi connectivity index (χ2n) is 5.00. The summed E-state index contributed by atoms with van der Waals surface area (Å²) < 4.78 is 0. The van der Waals surface area contributed by atoms with Crippen LogP contribution in [0.25, 0.3) is 0 Å². The summed E-state index contributed by atoms with van der Waals surface area (Å²) >= 11 is 5.97. The molecule has 1 fully saturated rings. The Balaban J connectivity index is 2.27. The Morgan fingerprint density at radius 2 is 2.29 bits per heavy atom. The first-order chi connectivity index (χ1) is 8.02. The zero-order valence-corrected chi connectivity index (χ0v) is 10.9. The summed E-state index contributed by atoms with van der Waals surface area (Å²) in [6.45, 7) is 3.97. The van der Waals surface area contributed by atoms with Gasteiger partial charge in [-0.05, 0) is 43.5 Å². The van der Waals surface area contributed by atoms with Crippen molar-refractivity contribution >= 4 is 17.3 Å². The molecule has 1 aliphatic rings. The average Bonchev–Trinajstić information content (AvgIpc) is 2.27. The van der Waals surface area contributed by atoms with Crippen molar-refractivity contribution in [1.29, 1.82) is 0 Å². The Morgan fingerprint density at radius 3 is 2.94 bits per heavy atom. The maximum absolute atomic E-state index is 10.1. The second kappa shape index (κ2) is 4.84. The van der Waals surface area contributed by atoms with Gasteiger partial charge in [-0.1, -0.05) is 11.6 Å². The van der Waals surface area contributed by atoms with E-state index in [9.17, 15) is 5.11 Å². The van der Waals surface area contributed by atoms with Crippen LogP contribution in [0.5, 0.6) is 0 Å². The number of aliphatic hydroxyl groups is 1. The molecule has 0 radical (unpaired) electrons. The number of benzene rings is 1. The van der Waals surface area contributed by atoms with Gasteiger partial charge in [-0.25, -0.2) is 0 Å². The van der Waals surface area contributed by atoms with Crippen molar-refractivity contribution < 1.29 is 5.11 Å². The molecular weight excluding hydrogens is 236 g/mol. The predicted molar refractivity (Wildman–Crippen MR) is 71.4 cm³/mol. The summed E-state index contributed by atoms with van der Waals surface area (Å²) in [5.74, 6) is 0. The van der Waals surface area contributed by atoms with Crippen molar-refractivity contribution in [3.63, 3.8) is 0 Å². The molecule has 3 N–H and O–H groups in total. The largest absolute Gasteiger partial charge is 0.388 e. The van der Waals surface area contributed by atoms with Gasteiger partial charge in [0.15, 0.2) is 0 Å². The highest BCUT2D eigenvalue weighted by Gasteiger charge is 2.29. The summed E-state index contributed by atoms with van der Waals surface area (Å²) in [5, 5.41) is 10.8. The van der Waals surface area contributed by atoms with E-state index >= 15 is 0 Å². The molecule has 2 rings (SSSR count).